The van der Waals surface area contributed by atoms with Gasteiger partial charge in [-0.05, 0) is 38.8 Å². The van der Waals surface area contributed by atoms with Gasteiger partial charge in [0.15, 0.2) is 0 Å². The minimum absolute atomic E-state index is 0.210. The zero-order valence-electron chi connectivity index (χ0n) is 10.6. The highest BCUT2D eigenvalue weighted by Crippen LogP contribution is 2.27. The van der Waals surface area contributed by atoms with Crippen LogP contribution in [0.1, 0.15) is 31.4 Å². The Morgan fingerprint density at radius 2 is 1.88 bits per heavy atom. The topological polar surface area (TPSA) is 21.3 Å². The first-order valence-electron chi connectivity index (χ1n) is 5.96. The van der Waals surface area contributed by atoms with Crippen molar-refractivity contribution in [2.45, 2.75) is 45.8 Å². The Balaban J connectivity index is 2.11. The molecule has 1 fully saturated rings. The number of ether oxygens (including phenoxy) is 1. The molecule has 0 aromatic heterocycles. The van der Waals surface area contributed by atoms with Gasteiger partial charge in [0.2, 0.25) is 0 Å². The molecule has 1 saturated heterocycles. The minimum Gasteiger partial charge on any atom is -0.488 e. The van der Waals surface area contributed by atoms with Crippen molar-refractivity contribution in [1.29, 1.82) is 0 Å². The second-order valence-electron chi connectivity index (χ2n) is 5.43. The van der Waals surface area contributed by atoms with Gasteiger partial charge >= 0.3 is 0 Å². The monoisotopic (exact) mass is 219 g/mol. The van der Waals surface area contributed by atoms with Crippen LogP contribution in [0.2, 0.25) is 0 Å². The fraction of sp³-hybridized carbons (Fsp3) is 0.571. The van der Waals surface area contributed by atoms with Crippen LogP contribution in [0.5, 0.6) is 5.75 Å². The van der Waals surface area contributed by atoms with Gasteiger partial charge in [0.05, 0.1) is 0 Å². The first-order chi connectivity index (χ1) is 7.48. The second-order valence-corrected chi connectivity index (χ2v) is 5.43. The van der Waals surface area contributed by atoms with Gasteiger partial charge in [0.25, 0.3) is 0 Å². The Hall–Kier alpha value is -1.02. The van der Waals surface area contributed by atoms with E-state index in [0.717, 1.165) is 18.7 Å². The molecule has 1 aromatic rings. The molecule has 2 rings (SSSR count). The number of nitrogens with one attached hydrogen (secondary N) is 1. The largest absolute Gasteiger partial charge is 0.488 e. The lowest BCUT2D eigenvalue weighted by atomic mass is 10.0. The Morgan fingerprint density at radius 3 is 2.38 bits per heavy atom. The molecule has 0 radical (unpaired) electrons. The van der Waals surface area contributed by atoms with E-state index < -0.39 is 0 Å². The number of hydrogen-bond acceptors (Lipinski definition) is 2. The third-order valence-electron chi connectivity index (χ3n) is 3.24. The molecule has 1 aromatic carbocycles. The van der Waals surface area contributed by atoms with Gasteiger partial charge in [0, 0.05) is 18.5 Å². The van der Waals surface area contributed by atoms with E-state index in [1.165, 1.54) is 11.1 Å². The number of aryl methyl sites for hydroxylation is 2. The van der Waals surface area contributed by atoms with Crippen molar-refractivity contribution >= 4 is 0 Å². The molecule has 0 amide bonds. The standard InChI is InChI=1S/C14H21NO/c1-10-6-5-7-11(2)13(10)16-12-8-14(3,4)15-9-12/h5-7,12,15H,8-9H2,1-4H3. The predicted octanol–water partition coefficient (Wildman–Crippen LogP) is 2.82. The van der Waals surface area contributed by atoms with Crippen LogP contribution in [-0.2, 0) is 0 Å². The van der Waals surface area contributed by atoms with E-state index in [4.69, 9.17) is 4.74 Å². The second kappa shape index (κ2) is 4.10. The molecule has 1 unspecified atom stereocenters. The molecule has 0 aliphatic carbocycles. The third-order valence-corrected chi connectivity index (χ3v) is 3.24. The zero-order chi connectivity index (χ0) is 11.8. The molecule has 1 aliphatic heterocycles. The van der Waals surface area contributed by atoms with E-state index in [9.17, 15) is 0 Å². The Bertz CT molecular complexity index is 364. The zero-order valence-corrected chi connectivity index (χ0v) is 10.6. The summed E-state index contributed by atoms with van der Waals surface area (Å²) in [4.78, 5) is 0. The molecular weight excluding hydrogens is 198 g/mol. The van der Waals surface area contributed by atoms with Crippen LogP contribution in [0, 0.1) is 13.8 Å². The normalized spacial score (nSPS) is 23.4. The van der Waals surface area contributed by atoms with Gasteiger partial charge < -0.3 is 10.1 Å². The van der Waals surface area contributed by atoms with Gasteiger partial charge in [0.1, 0.15) is 11.9 Å². The van der Waals surface area contributed by atoms with Gasteiger partial charge in [-0.15, -0.1) is 0 Å². The third kappa shape index (κ3) is 2.38. The van der Waals surface area contributed by atoms with Crippen molar-refractivity contribution in [3.05, 3.63) is 29.3 Å². The molecule has 2 nitrogen and oxygen atoms in total. The fourth-order valence-corrected chi connectivity index (χ4v) is 2.34. The molecule has 88 valence electrons. The first kappa shape index (κ1) is 11.5. The van der Waals surface area contributed by atoms with Crippen LogP contribution >= 0.6 is 0 Å². The van der Waals surface area contributed by atoms with E-state index in [1.807, 2.05) is 0 Å². The molecule has 0 spiro atoms. The van der Waals surface area contributed by atoms with Crippen LogP contribution < -0.4 is 10.1 Å². The Labute approximate surface area is 98.0 Å². The lowest BCUT2D eigenvalue weighted by Crippen LogP contribution is -2.31. The summed E-state index contributed by atoms with van der Waals surface area (Å²) in [5, 5.41) is 3.48. The predicted molar refractivity (Wildman–Crippen MR) is 67.0 cm³/mol. The lowest BCUT2D eigenvalue weighted by Gasteiger charge is -2.19. The van der Waals surface area contributed by atoms with Crippen LogP contribution in [-0.4, -0.2) is 18.2 Å². The molecular formula is C14H21NO. The van der Waals surface area contributed by atoms with Gasteiger partial charge in [-0.25, -0.2) is 0 Å². The maximum atomic E-state index is 6.11. The number of para-hydroxylation sites is 1. The molecule has 0 saturated carbocycles. The lowest BCUT2D eigenvalue weighted by molar-refractivity contribution is 0.211. The summed E-state index contributed by atoms with van der Waals surface area (Å²) in [5.41, 5.74) is 2.66. The average molecular weight is 219 g/mol. The first-order valence-corrected chi connectivity index (χ1v) is 5.96. The Kier molecular flexibility index (Phi) is 2.94. The summed E-state index contributed by atoms with van der Waals surface area (Å²) in [7, 11) is 0. The van der Waals surface area contributed by atoms with E-state index in [0.29, 0.717) is 6.10 Å². The molecule has 1 N–H and O–H groups in total. The SMILES string of the molecule is Cc1cccc(C)c1OC1CNC(C)(C)C1. The summed E-state index contributed by atoms with van der Waals surface area (Å²) in [6.45, 7) is 9.61. The molecule has 1 heterocycles. The van der Waals surface area contributed by atoms with Crippen molar-refractivity contribution in [2.24, 2.45) is 0 Å². The van der Waals surface area contributed by atoms with Crippen molar-refractivity contribution in [3.63, 3.8) is 0 Å². The molecule has 0 bridgehead atoms. The van der Waals surface area contributed by atoms with Crippen LogP contribution in [0.4, 0.5) is 0 Å². The van der Waals surface area contributed by atoms with E-state index in [-0.39, 0.29) is 5.54 Å². The summed E-state index contributed by atoms with van der Waals surface area (Å²) in [6, 6.07) is 6.29. The highest BCUT2D eigenvalue weighted by molar-refractivity contribution is 5.40. The molecule has 1 aliphatic rings. The fourth-order valence-electron chi connectivity index (χ4n) is 2.34. The molecule has 1 atom stereocenters. The summed E-state index contributed by atoms with van der Waals surface area (Å²) in [5.74, 6) is 1.06. The van der Waals surface area contributed by atoms with Gasteiger partial charge in [-0.3, -0.25) is 0 Å². The quantitative estimate of drug-likeness (QED) is 0.826. The minimum atomic E-state index is 0.210. The molecule has 2 heteroatoms. The summed E-state index contributed by atoms with van der Waals surface area (Å²) < 4.78 is 6.11. The highest BCUT2D eigenvalue weighted by atomic mass is 16.5. The van der Waals surface area contributed by atoms with Crippen molar-refractivity contribution < 1.29 is 4.74 Å². The number of benzene rings is 1. The van der Waals surface area contributed by atoms with Gasteiger partial charge in [-0.2, -0.15) is 0 Å². The van der Waals surface area contributed by atoms with Crippen molar-refractivity contribution in [1.82, 2.24) is 5.32 Å². The van der Waals surface area contributed by atoms with E-state index in [2.05, 4.69) is 51.2 Å². The van der Waals surface area contributed by atoms with Crippen LogP contribution in [0.15, 0.2) is 18.2 Å². The van der Waals surface area contributed by atoms with Crippen molar-refractivity contribution in [2.75, 3.05) is 6.54 Å². The van der Waals surface area contributed by atoms with E-state index >= 15 is 0 Å². The maximum absolute atomic E-state index is 6.11. The molecule has 16 heavy (non-hydrogen) atoms. The van der Waals surface area contributed by atoms with Crippen molar-refractivity contribution in [3.8, 4) is 5.75 Å². The number of hydrogen-bond donors (Lipinski definition) is 1. The maximum Gasteiger partial charge on any atom is 0.125 e. The summed E-state index contributed by atoms with van der Waals surface area (Å²) >= 11 is 0. The number of rotatable bonds is 2. The smallest absolute Gasteiger partial charge is 0.125 e. The average Bonchev–Trinajstić information content (AvgIpc) is 2.52. The van der Waals surface area contributed by atoms with Crippen LogP contribution in [0.25, 0.3) is 0 Å². The van der Waals surface area contributed by atoms with Gasteiger partial charge in [-0.1, -0.05) is 18.2 Å². The van der Waals surface area contributed by atoms with Crippen LogP contribution in [0.3, 0.4) is 0 Å². The Morgan fingerprint density at radius 1 is 1.25 bits per heavy atom. The van der Waals surface area contributed by atoms with E-state index in [1.54, 1.807) is 0 Å². The highest BCUT2D eigenvalue weighted by Gasteiger charge is 2.31. The summed E-state index contributed by atoms with van der Waals surface area (Å²) in [6.07, 6.45) is 1.37.